The molecule has 5 nitrogen and oxygen atoms in total. The number of nitrogens with zero attached hydrogens (tertiary/aromatic N) is 2. The molecule has 0 aliphatic heterocycles. The average molecular weight is 219 g/mol. The summed E-state index contributed by atoms with van der Waals surface area (Å²) in [5.41, 5.74) is 1.09. The normalized spacial score (nSPS) is 10.6. The van der Waals surface area contributed by atoms with E-state index >= 15 is 0 Å². The number of rotatable bonds is 4. The molecule has 0 saturated carbocycles. The lowest BCUT2D eigenvalue weighted by Crippen LogP contribution is -2.12. The Morgan fingerprint density at radius 2 is 1.94 bits per heavy atom. The summed E-state index contributed by atoms with van der Waals surface area (Å²) in [5, 5.41) is 19.9. The Kier molecular flexibility index (Phi) is 3.16. The maximum atomic E-state index is 9.11. The molecule has 0 aliphatic rings. The van der Waals surface area contributed by atoms with Crippen LogP contribution in [0.4, 0.5) is 0 Å². The highest BCUT2D eigenvalue weighted by atomic mass is 16.4. The molecule has 0 spiro atoms. The number of aryl methyl sites for hydroxylation is 1. The molecule has 0 atom stereocenters. The third-order valence-corrected chi connectivity index (χ3v) is 2.11. The van der Waals surface area contributed by atoms with Crippen LogP contribution >= 0.6 is 0 Å². The quantitative estimate of drug-likeness (QED) is 0.812. The molecule has 0 saturated heterocycles. The van der Waals surface area contributed by atoms with Crippen LogP contribution < -0.4 is 5.32 Å². The van der Waals surface area contributed by atoms with E-state index in [0.29, 0.717) is 24.9 Å². The summed E-state index contributed by atoms with van der Waals surface area (Å²) in [7, 11) is 0. The molecular formula is C11H13N3O2. The fraction of sp³-hybridized carbons (Fsp3) is 0.273. The Morgan fingerprint density at radius 1 is 1.19 bits per heavy atom. The summed E-state index contributed by atoms with van der Waals surface area (Å²) in [6.45, 7) is 3.00. The van der Waals surface area contributed by atoms with E-state index in [4.69, 9.17) is 9.52 Å². The highest BCUT2D eigenvalue weighted by Crippen LogP contribution is 2.09. The summed E-state index contributed by atoms with van der Waals surface area (Å²) in [5.74, 6) is 1.42. The molecular weight excluding hydrogens is 206 g/mol. The van der Waals surface area contributed by atoms with Gasteiger partial charge in [-0.25, -0.2) is 0 Å². The Morgan fingerprint density at radius 3 is 2.56 bits per heavy atom. The molecule has 0 aliphatic carbocycles. The number of hydrogen-bond donors (Lipinski definition) is 2. The highest BCUT2D eigenvalue weighted by molar-refractivity contribution is 5.25. The first kappa shape index (κ1) is 10.6. The van der Waals surface area contributed by atoms with Gasteiger partial charge in [0.15, 0.2) is 0 Å². The Labute approximate surface area is 93.1 Å². The number of aromatic nitrogens is 2. The van der Waals surface area contributed by atoms with E-state index < -0.39 is 0 Å². The minimum absolute atomic E-state index is 0.274. The maximum absolute atomic E-state index is 9.11. The van der Waals surface area contributed by atoms with Gasteiger partial charge in [-0.1, -0.05) is 12.1 Å². The van der Waals surface area contributed by atoms with Gasteiger partial charge in [-0.3, -0.25) is 0 Å². The lowest BCUT2D eigenvalue weighted by Gasteiger charge is -2.02. The number of hydrogen-bond acceptors (Lipinski definition) is 5. The molecule has 2 rings (SSSR count). The van der Waals surface area contributed by atoms with Crippen molar-refractivity contribution >= 4 is 0 Å². The summed E-state index contributed by atoms with van der Waals surface area (Å²) in [4.78, 5) is 0. The number of nitrogens with one attached hydrogen (secondary N) is 1. The number of phenols is 1. The average Bonchev–Trinajstić information content (AvgIpc) is 2.67. The number of aromatic hydroxyl groups is 1. The van der Waals surface area contributed by atoms with Gasteiger partial charge in [-0.2, -0.15) is 0 Å². The van der Waals surface area contributed by atoms with Crippen molar-refractivity contribution in [3.63, 3.8) is 0 Å². The van der Waals surface area contributed by atoms with Crippen LogP contribution in [0.1, 0.15) is 17.3 Å². The van der Waals surface area contributed by atoms with Crippen LogP contribution in [0.25, 0.3) is 0 Å². The fourth-order valence-corrected chi connectivity index (χ4v) is 1.34. The molecule has 2 N–H and O–H groups in total. The monoisotopic (exact) mass is 219 g/mol. The Hall–Kier alpha value is -1.88. The van der Waals surface area contributed by atoms with Crippen LogP contribution in [-0.2, 0) is 13.1 Å². The molecule has 1 aromatic carbocycles. The van der Waals surface area contributed by atoms with E-state index in [9.17, 15) is 0 Å². The van der Waals surface area contributed by atoms with E-state index in [2.05, 4.69) is 15.5 Å². The van der Waals surface area contributed by atoms with Gasteiger partial charge in [0, 0.05) is 13.5 Å². The third-order valence-electron chi connectivity index (χ3n) is 2.11. The second-order valence-corrected chi connectivity index (χ2v) is 3.48. The van der Waals surface area contributed by atoms with Gasteiger partial charge in [-0.05, 0) is 17.7 Å². The molecule has 0 fully saturated rings. The van der Waals surface area contributed by atoms with E-state index in [1.165, 1.54) is 0 Å². The van der Waals surface area contributed by atoms with Gasteiger partial charge in [-0.15, -0.1) is 10.2 Å². The maximum Gasteiger partial charge on any atom is 0.230 e. The zero-order valence-electron chi connectivity index (χ0n) is 8.97. The smallest absolute Gasteiger partial charge is 0.230 e. The van der Waals surface area contributed by atoms with E-state index in [1.54, 1.807) is 19.1 Å². The van der Waals surface area contributed by atoms with Crippen molar-refractivity contribution in [2.45, 2.75) is 20.0 Å². The van der Waals surface area contributed by atoms with Crippen molar-refractivity contribution in [2.75, 3.05) is 0 Å². The van der Waals surface area contributed by atoms with Gasteiger partial charge in [0.25, 0.3) is 0 Å². The van der Waals surface area contributed by atoms with Crippen molar-refractivity contribution in [2.24, 2.45) is 0 Å². The minimum Gasteiger partial charge on any atom is -0.508 e. The van der Waals surface area contributed by atoms with E-state index in [0.717, 1.165) is 5.56 Å². The zero-order valence-corrected chi connectivity index (χ0v) is 8.97. The standard InChI is InChI=1S/C11H13N3O2/c1-8-13-14-11(16-8)7-12-6-9-2-4-10(15)5-3-9/h2-5,12,15H,6-7H2,1H3. The van der Waals surface area contributed by atoms with Crippen molar-refractivity contribution < 1.29 is 9.52 Å². The summed E-state index contributed by atoms with van der Waals surface area (Å²) >= 11 is 0. The highest BCUT2D eigenvalue weighted by Gasteiger charge is 2.01. The van der Waals surface area contributed by atoms with Gasteiger partial charge in [0.05, 0.1) is 6.54 Å². The third kappa shape index (κ3) is 2.80. The van der Waals surface area contributed by atoms with Crippen LogP contribution in [0.15, 0.2) is 28.7 Å². The van der Waals surface area contributed by atoms with Crippen molar-refractivity contribution in [3.05, 3.63) is 41.6 Å². The first-order chi connectivity index (χ1) is 7.74. The predicted octanol–water partition coefficient (Wildman–Crippen LogP) is 1.37. The first-order valence-electron chi connectivity index (χ1n) is 5.01. The topological polar surface area (TPSA) is 71.2 Å². The van der Waals surface area contributed by atoms with E-state index in [-0.39, 0.29) is 5.75 Å². The lowest BCUT2D eigenvalue weighted by atomic mass is 10.2. The first-order valence-corrected chi connectivity index (χ1v) is 5.01. The van der Waals surface area contributed by atoms with Gasteiger partial charge in [0.1, 0.15) is 5.75 Å². The number of phenolic OH excluding ortho intramolecular Hbond substituents is 1. The Balaban J connectivity index is 1.82. The molecule has 0 unspecified atom stereocenters. The molecule has 1 aromatic heterocycles. The summed E-state index contributed by atoms with van der Waals surface area (Å²) < 4.78 is 5.22. The molecule has 0 bridgehead atoms. The van der Waals surface area contributed by atoms with Crippen molar-refractivity contribution in [1.82, 2.24) is 15.5 Å². The Bertz CT molecular complexity index is 451. The van der Waals surface area contributed by atoms with Gasteiger partial charge >= 0.3 is 0 Å². The number of benzene rings is 1. The van der Waals surface area contributed by atoms with Crippen LogP contribution in [0.5, 0.6) is 5.75 Å². The predicted molar refractivity (Wildman–Crippen MR) is 57.7 cm³/mol. The molecule has 16 heavy (non-hydrogen) atoms. The van der Waals surface area contributed by atoms with E-state index in [1.807, 2.05) is 12.1 Å². The van der Waals surface area contributed by atoms with Crippen molar-refractivity contribution in [1.29, 1.82) is 0 Å². The zero-order chi connectivity index (χ0) is 11.4. The molecule has 5 heteroatoms. The lowest BCUT2D eigenvalue weighted by molar-refractivity contribution is 0.446. The SMILES string of the molecule is Cc1nnc(CNCc2ccc(O)cc2)o1. The molecule has 84 valence electrons. The molecule has 2 aromatic rings. The van der Waals surface area contributed by atoms with Crippen molar-refractivity contribution in [3.8, 4) is 5.75 Å². The van der Waals surface area contributed by atoms with Crippen LogP contribution in [0.3, 0.4) is 0 Å². The summed E-state index contributed by atoms with van der Waals surface area (Å²) in [6.07, 6.45) is 0. The minimum atomic E-state index is 0.274. The largest absolute Gasteiger partial charge is 0.508 e. The van der Waals surface area contributed by atoms with Crippen LogP contribution in [-0.4, -0.2) is 15.3 Å². The fourth-order valence-electron chi connectivity index (χ4n) is 1.34. The van der Waals surface area contributed by atoms with Gasteiger partial charge < -0.3 is 14.8 Å². The van der Waals surface area contributed by atoms with Crippen LogP contribution in [0.2, 0.25) is 0 Å². The second kappa shape index (κ2) is 4.76. The molecule has 0 radical (unpaired) electrons. The molecule has 1 heterocycles. The summed E-state index contributed by atoms with van der Waals surface area (Å²) in [6, 6.07) is 7.05. The molecule has 0 amide bonds. The van der Waals surface area contributed by atoms with Gasteiger partial charge in [0.2, 0.25) is 11.8 Å². The second-order valence-electron chi connectivity index (χ2n) is 3.48. The van der Waals surface area contributed by atoms with Crippen LogP contribution in [0, 0.1) is 6.92 Å².